The second-order valence-electron chi connectivity index (χ2n) is 4.03. The Balaban J connectivity index is 2.69. The molecule has 0 N–H and O–H groups in total. The quantitative estimate of drug-likeness (QED) is 0.809. The Kier molecular flexibility index (Phi) is 3.84. The maximum atomic E-state index is 11.5. The minimum absolute atomic E-state index is 0.152. The van der Waals surface area contributed by atoms with Crippen molar-refractivity contribution < 1.29 is 13.2 Å². The van der Waals surface area contributed by atoms with Crippen molar-refractivity contribution in [3.63, 3.8) is 0 Å². The molecule has 0 radical (unpaired) electrons. The number of hydrogen-bond donors (Lipinski definition) is 0. The number of nitrogens with zero attached hydrogens (tertiary/aromatic N) is 3. The van der Waals surface area contributed by atoms with E-state index in [1.807, 2.05) is 19.2 Å². The van der Waals surface area contributed by atoms with Crippen molar-refractivity contribution in [2.45, 2.75) is 25.0 Å². The van der Waals surface area contributed by atoms with Crippen molar-refractivity contribution in [3.8, 4) is 16.5 Å². The molecule has 19 heavy (non-hydrogen) atoms. The highest BCUT2D eigenvalue weighted by Crippen LogP contribution is 2.36. The first kappa shape index (κ1) is 14.3. The van der Waals surface area contributed by atoms with Gasteiger partial charge in [-0.3, -0.25) is 4.57 Å². The summed E-state index contributed by atoms with van der Waals surface area (Å²) in [6.07, 6.45) is 0. The van der Waals surface area contributed by atoms with E-state index in [4.69, 9.17) is 15.4 Å². The zero-order valence-electron chi connectivity index (χ0n) is 10.5. The lowest BCUT2D eigenvalue weighted by Gasteiger charge is -2.12. The number of thiophene rings is 1. The van der Waals surface area contributed by atoms with Crippen LogP contribution in [0, 0.1) is 0 Å². The fourth-order valence-corrected chi connectivity index (χ4v) is 3.51. The van der Waals surface area contributed by atoms with E-state index in [1.54, 1.807) is 13.2 Å². The Morgan fingerprint density at radius 2 is 2.11 bits per heavy atom. The van der Waals surface area contributed by atoms with E-state index in [1.165, 1.54) is 15.9 Å². The van der Waals surface area contributed by atoms with Crippen LogP contribution in [0.3, 0.4) is 0 Å². The van der Waals surface area contributed by atoms with E-state index in [-0.39, 0.29) is 11.2 Å². The number of rotatable bonds is 4. The first-order chi connectivity index (χ1) is 8.86. The van der Waals surface area contributed by atoms with Crippen molar-refractivity contribution in [2.75, 3.05) is 7.11 Å². The van der Waals surface area contributed by atoms with Crippen LogP contribution >= 0.6 is 22.0 Å². The van der Waals surface area contributed by atoms with Crippen LogP contribution in [0.2, 0.25) is 0 Å². The Morgan fingerprint density at radius 3 is 2.63 bits per heavy atom. The standard InChI is InChI=1S/C10H12ClN3O3S2/c1-6(2)14-9(8-7(17-3)4-5-18-8)12-13-10(14)19(11,15)16/h4-6H,1-3H3. The summed E-state index contributed by atoms with van der Waals surface area (Å²) in [5.41, 5.74) is 0. The van der Waals surface area contributed by atoms with E-state index in [2.05, 4.69) is 10.2 Å². The monoisotopic (exact) mass is 321 g/mol. The zero-order valence-corrected chi connectivity index (χ0v) is 12.9. The largest absolute Gasteiger partial charge is 0.495 e. The minimum Gasteiger partial charge on any atom is -0.495 e. The summed E-state index contributed by atoms with van der Waals surface area (Å²) in [5, 5.41) is 9.20. The van der Waals surface area contributed by atoms with Gasteiger partial charge in [0.15, 0.2) is 5.82 Å². The molecule has 0 amide bonds. The first-order valence-electron chi connectivity index (χ1n) is 5.37. The number of halogens is 1. The summed E-state index contributed by atoms with van der Waals surface area (Å²) in [7, 11) is 2.98. The lowest BCUT2D eigenvalue weighted by Crippen LogP contribution is -2.10. The molecule has 0 aliphatic heterocycles. The van der Waals surface area contributed by atoms with Crippen molar-refractivity contribution in [2.24, 2.45) is 0 Å². The summed E-state index contributed by atoms with van der Waals surface area (Å²) in [4.78, 5) is 0.718. The Morgan fingerprint density at radius 1 is 1.42 bits per heavy atom. The third-order valence-corrected chi connectivity index (χ3v) is 4.47. The second kappa shape index (κ2) is 5.10. The molecule has 2 rings (SSSR count). The second-order valence-corrected chi connectivity index (χ2v) is 7.40. The highest BCUT2D eigenvalue weighted by atomic mass is 35.7. The number of methoxy groups -OCH3 is 1. The van der Waals surface area contributed by atoms with Crippen LogP contribution in [-0.4, -0.2) is 30.3 Å². The number of hydrogen-bond acceptors (Lipinski definition) is 6. The molecule has 0 aliphatic carbocycles. The highest BCUT2D eigenvalue weighted by molar-refractivity contribution is 8.13. The average molecular weight is 322 g/mol. The maximum absolute atomic E-state index is 11.5. The normalized spacial score (nSPS) is 12.1. The molecule has 9 heteroatoms. The van der Waals surface area contributed by atoms with E-state index in [0.29, 0.717) is 11.6 Å². The Bertz CT molecular complexity index is 691. The van der Waals surface area contributed by atoms with Gasteiger partial charge in [0.05, 0.1) is 7.11 Å². The molecule has 0 bridgehead atoms. The molecule has 0 saturated carbocycles. The van der Waals surface area contributed by atoms with Crippen LogP contribution in [-0.2, 0) is 9.05 Å². The van der Waals surface area contributed by atoms with Gasteiger partial charge in [0.25, 0.3) is 14.2 Å². The average Bonchev–Trinajstić information content (AvgIpc) is 2.93. The maximum Gasteiger partial charge on any atom is 0.296 e. The van der Waals surface area contributed by atoms with Crippen molar-refractivity contribution in [3.05, 3.63) is 11.4 Å². The molecule has 0 unspecified atom stereocenters. The smallest absolute Gasteiger partial charge is 0.296 e. The molecule has 0 saturated heterocycles. The molecule has 104 valence electrons. The zero-order chi connectivity index (χ0) is 14.2. The molecule has 0 spiro atoms. The van der Waals surface area contributed by atoms with Crippen molar-refractivity contribution in [1.29, 1.82) is 0 Å². The van der Waals surface area contributed by atoms with Gasteiger partial charge in [-0.2, -0.15) is 0 Å². The molecular weight excluding hydrogens is 310 g/mol. The van der Waals surface area contributed by atoms with Crippen LogP contribution in [0.1, 0.15) is 19.9 Å². The van der Waals surface area contributed by atoms with Crippen molar-refractivity contribution >= 4 is 31.1 Å². The van der Waals surface area contributed by atoms with Crippen molar-refractivity contribution in [1.82, 2.24) is 14.8 Å². The number of aromatic nitrogens is 3. The topological polar surface area (TPSA) is 74.1 Å². The summed E-state index contributed by atoms with van der Waals surface area (Å²) < 4.78 is 29.7. The van der Waals surface area contributed by atoms with Crippen LogP contribution in [0.5, 0.6) is 5.75 Å². The van der Waals surface area contributed by atoms with E-state index in [0.717, 1.165) is 4.88 Å². The van der Waals surface area contributed by atoms with Gasteiger partial charge >= 0.3 is 0 Å². The third-order valence-electron chi connectivity index (χ3n) is 2.45. The van der Waals surface area contributed by atoms with Gasteiger partial charge in [-0.25, -0.2) is 8.42 Å². The Hall–Kier alpha value is -1.12. The van der Waals surface area contributed by atoms with E-state index >= 15 is 0 Å². The fraction of sp³-hybridized carbons (Fsp3) is 0.400. The lowest BCUT2D eigenvalue weighted by molar-refractivity contribution is 0.417. The molecule has 2 aromatic rings. The minimum atomic E-state index is -3.94. The Labute approximate surface area is 119 Å². The van der Waals surface area contributed by atoms with Gasteiger partial charge in [0, 0.05) is 16.7 Å². The first-order valence-corrected chi connectivity index (χ1v) is 8.56. The predicted molar refractivity (Wildman–Crippen MR) is 73.3 cm³/mol. The molecule has 0 aliphatic rings. The third kappa shape index (κ3) is 2.60. The van der Waals surface area contributed by atoms with Gasteiger partial charge in [0.2, 0.25) is 0 Å². The molecule has 6 nitrogen and oxygen atoms in total. The van der Waals surface area contributed by atoms with Gasteiger partial charge in [-0.15, -0.1) is 21.5 Å². The molecule has 0 atom stereocenters. The summed E-state index contributed by atoms with van der Waals surface area (Å²) in [6, 6.07) is 1.63. The van der Waals surface area contributed by atoms with Crippen LogP contribution in [0.15, 0.2) is 16.6 Å². The fourth-order valence-electron chi connectivity index (χ4n) is 1.68. The predicted octanol–water partition coefficient (Wildman–Crippen LogP) is 2.52. The van der Waals surface area contributed by atoms with Crippen LogP contribution in [0.4, 0.5) is 0 Å². The van der Waals surface area contributed by atoms with Crippen LogP contribution in [0.25, 0.3) is 10.7 Å². The van der Waals surface area contributed by atoms with Crippen LogP contribution < -0.4 is 4.74 Å². The molecule has 2 heterocycles. The van der Waals surface area contributed by atoms with Gasteiger partial charge < -0.3 is 4.74 Å². The molecule has 0 aromatic carbocycles. The van der Waals surface area contributed by atoms with Gasteiger partial charge in [-0.1, -0.05) is 0 Å². The summed E-state index contributed by atoms with van der Waals surface area (Å²) in [5.74, 6) is 1.05. The lowest BCUT2D eigenvalue weighted by atomic mass is 10.3. The molecule has 0 fully saturated rings. The van der Waals surface area contributed by atoms with Gasteiger partial charge in [0.1, 0.15) is 10.6 Å². The summed E-state index contributed by atoms with van der Waals surface area (Å²) >= 11 is 1.40. The van der Waals surface area contributed by atoms with Gasteiger partial charge in [-0.05, 0) is 25.3 Å². The highest BCUT2D eigenvalue weighted by Gasteiger charge is 2.26. The van der Waals surface area contributed by atoms with E-state index < -0.39 is 9.05 Å². The van der Waals surface area contributed by atoms with E-state index in [9.17, 15) is 8.42 Å². The molecule has 2 aromatic heterocycles. The molecular formula is C10H12ClN3O3S2. The summed E-state index contributed by atoms with van der Waals surface area (Å²) in [6.45, 7) is 3.66. The number of ether oxygens (including phenoxy) is 1. The SMILES string of the molecule is COc1ccsc1-c1nnc(S(=O)(=O)Cl)n1C(C)C.